The van der Waals surface area contributed by atoms with Crippen LogP contribution in [0.25, 0.3) is 0 Å². The first-order chi connectivity index (χ1) is 9.16. The first-order valence-electron chi connectivity index (χ1n) is 6.95. The van der Waals surface area contributed by atoms with Crippen LogP contribution in [0.5, 0.6) is 0 Å². The van der Waals surface area contributed by atoms with Crippen molar-refractivity contribution in [3.63, 3.8) is 0 Å². The number of hydrogen-bond donors (Lipinski definition) is 0. The molecule has 0 bridgehead atoms. The Kier molecular flexibility index (Phi) is 3.02. The van der Waals surface area contributed by atoms with Gasteiger partial charge >= 0.3 is 0 Å². The lowest BCUT2D eigenvalue weighted by Gasteiger charge is -2.29. The number of amides is 1. The van der Waals surface area contributed by atoms with Crippen LogP contribution in [0.15, 0.2) is 47.7 Å². The molecule has 19 heavy (non-hydrogen) atoms. The van der Waals surface area contributed by atoms with Crippen LogP contribution in [-0.2, 0) is 11.2 Å². The number of fused-ring (bicyclic) bond motifs is 1. The van der Waals surface area contributed by atoms with Crippen LogP contribution in [0.4, 0.5) is 5.69 Å². The highest BCUT2D eigenvalue weighted by Gasteiger charge is 2.27. The number of hydrogen-bond acceptors (Lipinski definition) is 1. The molecule has 1 aromatic carbocycles. The number of anilines is 1. The van der Waals surface area contributed by atoms with Gasteiger partial charge in [0.05, 0.1) is 5.69 Å². The molecule has 0 radical (unpaired) electrons. The first kappa shape index (κ1) is 12.2. The summed E-state index contributed by atoms with van der Waals surface area (Å²) in [6.45, 7) is 3.87. The summed E-state index contributed by atoms with van der Waals surface area (Å²) in [5.41, 5.74) is 4.87. The number of aryl methyl sites for hydroxylation is 1. The van der Waals surface area contributed by atoms with Gasteiger partial charge in [-0.3, -0.25) is 9.69 Å². The highest BCUT2D eigenvalue weighted by molar-refractivity contribution is 5.96. The van der Waals surface area contributed by atoms with E-state index in [0.29, 0.717) is 5.92 Å². The van der Waals surface area contributed by atoms with E-state index in [2.05, 4.69) is 37.3 Å². The summed E-state index contributed by atoms with van der Waals surface area (Å²) in [7, 11) is 0. The third kappa shape index (κ3) is 2.12. The molecule has 0 aromatic heterocycles. The van der Waals surface area contributed by atoms with Crippen molar-refractivity contribution in [2.75, 3.05) is 4.90 Å². The molecule has 1 aliphatic carbocycles. The van der Waals surface area contributed by atoms with Gasteiger partial charge in [-0.1, -0.05) is 37.3 Å². The molecule has 2 nitrogen and oxygen atoms in total. The Morgan fingerprint density at radius 2 is 2.05 bits per heavy atom. The fourth-order valence-corrected chi connectivity index (χ4v) is 3.06. The normalized spacial score (nSPS) is 21.8. The fraction of sp³-hybridized carbons (Fsp3) is 0.353. The molecule has 1 aliphatic heterocycles. The standard InChI is InChI=1S/C17H19NO/c1-12-7-8-15-10-9-14-5-3-4-6-16(14)18(13(2)19)17(15)11-12/h3-8,12H,9-11H2,1-2H3. The molecule has 2 aliphatic rings. The Morgan fingerprint density at radius 1 is 1.26 bits per heavy atom. The first-order valence-corrected chi connectivity index (χ1v) is 6.95. The van der Waals surface area contributed by atoms with Crippen LogP contribution < -0.4 is 4.90 Å². The van der Waals surface area contributed by atoms with Crippen LogP contribution in [0.3, 0.4) is 0 Å². The predicted molar refractivity (Wildman–Crippen MR) is 77.9 cm³/mol. The second-order valence-corrected chi connectivity index (χ2v) is 5.50. The Hall–Kier alpha value is -1.83. The van der Waals surface area contributed by atoms with E-state index in [-0.39, 0.29) is 5.91 Å². The average Bonchev–Trinajstić information content (AvgIpc) is 2.54. The Balaban J connectivity index is 2.15. The SMILES string of the molecule is CC(=O)N1C2=C(C=CC(C)C2)CCc2ccccc21. The number of rotatable bonds is 0. The minimum Gasteiger partial charge on any atom is -0.285 e. The second-order valence-electron chi connectivity index (χ2n) is 5.50. The maximum Gasteiger partial charge on any atom is 0.228 e. The molecule has 1 amide bonds. The minimum absolute atomic E-state index is 0.115. The quantitative estimate of drug-likeness (QED) is 0.688. The van der Waals surface area contributed by atoms with Crippen molar-refractivity contribution in [2.45, 2.75) is 33.1 Å². The van der Waals surface area contributed by atoms with Crippen molar-refractivity contribution >= 4 is 11.6 Å². The summed E-state index contributed by atoms with van der Waals surface area (Å²) < 4.78 is 0. The van der Waals surface area contributed by atoms with Crippen molar-refractivity contribution in [2.24, 2.45) is 5.92 Å². The van der Waals surface area contributed by atoms with Crippen LogP contribution >= 0.6 is 0 Å². The molecule has 0 saturated heterocycles. The molecular weight excluding hydrogens is 234 g/mol. The van der Waals surface area contributed by atoms with Gasteiger partial charge in [0.25, 0.3) is 0 Å². The smallest absolute Gasteiger partial charge is 0.228 e. The molecule has 3 rings (SSSR count). The molecule has 2 heteroatoms. The van der Waals surface area contributed by atoms with Gasteiger partial charge in [0.1, 0.15) is 0 Å². The maximum atomic E-state index is 12.1. The zero-order valence-corrected chi connectivity index (χ0v) is 11.5. The van der Waals surface area contributed by atoms with E-state index < -0.39 is 0 Å². The van der Waals surface area contributed by atoms with Gasteiger partial charge in [-0.15, -0.1) is 0 Å². The summed E-state index contributed by atoms with van der Waals surface area (Å²) in [4.78, 5) is 14.1. The molecule has 0 saturated carbocycles. The Bertz CT molecular complexity index is 583. The highest BCUT2D eigenvalue weighted by Crippen LogP contribution is 2.37. The molecule has 1 unspecified atom stereocenters. The van der Waals surface area contributed by atoms with Crippen LogP contribution in [0.1, 0.15) is 32.3 Å². The number of carbonyl (C=O) groups is 1. The molecular formula is C17H19NO. The lowest BCUT2D eigenvalue weighted by molar-refractivity contribution is -0.116. The number of para-hydroxylation sites is 1. The largest absolute Gasteiger partial charge is 0.285 e. The summed E-state index contributed by atoms with van der Waals surface area (Å²) in [6, 6.07) is 8.27. The monoisotopic (exact) mass is 253 g/mol. The van der Waals surface area contributed by atoms with Gasteiger partial charge in [0.15, 0.2) is 0 Å². The lowest BCUT2D eigenvalue weighted by atomic mass is 9.92. The van der Waals surface area contributed by atoms with Gasteiger partial charge in [-0.25, -0.2) is 0 Å². The van der Waals surface area contributed by atoms with E-state index in [4.69, 9.17) is 0 Å². The molecule has 1 atom stereocenters. The van der Waals surface area contributed by atoms with Crippen LogP contribution in [-0.4, -0.2) is 5.91 Å². The van der Waals surface area contributed by atoms with E-state index in [1.807, 2.05) is 11.0 Å². The third-order valence-corrected chi connectivity index (χ3v) is 3.99. The zero-order chi connectivity index (χ0) is 13.4. The van der Waals surface area contributed by atoms with Crippen molar-refractivity contribution in [1.82, 2.24) is 0 Å². The minimum atomic E-state index is 0.115. The van der Waals surface area contributed by atoms with Crippen LogP contribution in [0.2, 0.25) is 0 Å². The molecule has 0 fully saturated rings. The summed E-state index contributed by atoms with van der Waals surface area (Å²) >= 11 is 0. The Labute approximate surface area is 114 Å². The average molecular weight is 253 g/mol. The molecule has 0 spiro atoms. The molecule has 1 heterocycles. The highest BCUT2D eigenvalue weighted by atomic mass is 16.2. The van der Waals surface area contributed by atoms with E-state index in [0.717, 1.165) is 24.9 Å². The van der Waals surface area contributed by atoms with Gasteiger partial charge < -0.3 is 0 Å². The zero-order valence-electron chi connectivity index (χ0n) is 11.5. The molecule has 1 aromatic rings. The summed E-state index contributed by atoms with van der Waals surface area (Å²) in [6.07, 6.45) is 7.47. The fourth-order valence-electron chi connectivity index (χ4n) is 3.06. The maximum absolute atomic E-state index is 12.1. The topological polar surface area (TPSA) is 20.3 Å². The van der Waals surface area contributed by atoms with Crippen molar-refractivity contribution in [3.8, 4) is 0 Å². The van der Waals surface area contributed by atoms with E-state index in [9.17, 15) is 4.79 Å². The number of benzene rings is 1. The molecule has 98 valence electrons. The van der Waals surface area contributed by atoms with Crippen molar-refractivity contribution in [3.05, 3.63) is 53.3 Å². The van der Waals surface area contributed by atoms with Gasteiger partial charge in [0.2, 0.25) is 5.91 Å². The molecule has 0 N–H and O–H groups in total. The predicted octanol–water partition coefficient (Wildman–Crippen LogP) is 3.84. The van der Waals surface area contributed by atoms with Crippen molar-refractivity contribution in [1.29, 1.82) is 0 Å². The van der Waals surface area contributed by atoms with Gasteiger partial charge in [0, 0.05) is 12.6 Å². The summed E-state index contributed by atoms with van der Waals surface area (Å²) in [5, 5.41) is 0. The third-order valence-electron chi connectivity index (χ3n) is 3.99. The van der Waals surface area contributed by atoms with Crippen molar-refractivity contribution < 1.29 is 4.79 Å². The van der Waals surface area contributed by atoms with Crippen LogP contribution in [0, 0.1) is 5.92 Å². The van der Waals surface area contributed by atoms with E-state index >= 15 is 0 Å². The number of nitrogens with zero attached hydrogens (tertiary/aromatic N) is 1. The van der Waals surface area contributed by atoms with E-state index in [1.165, 1.54) is 16.8 Å². The van der Waals surface area contributed by atoms with Gasteiger partial charge in [-0.05, 0) is 42.4 Å². The van der Waals surface area contributed by atoms with E-state index in [1.54, 1.807) is 6.92 Å². The Morgan fingerprint density at radius 3 is 2.84 bits per heavy atom. The lowest BCUT2D eigenvalue weighted by Crippen LogP contribution is -2.30. The van der Waals surface area contributed by atoms with Gasteiger partial charge in [-0.2, -0.15) is 0 Å². The summed E-state index contributed by atoms with van der Waals surface area (Å²) in [5.74, 6) is 0.621. The second kappa shape index (κ2) is 4.69. The number of allylic oxidation sites excluding steroid dienone is 4. The number of carbonyl (C=O) groups excluding carboxylic acids is 1.